The Labute approximate surface area is 213 Å². The zero-order valence-electron chi connectivity index (χ0n) is 19.6. The predicted molar refractivity (Wildman–Crippen MR) is 144 cm³/mol. The van der Waals surface area contributed by atoms with E-state index in [1.54, 1.807) is 29.2 Å². The molecule has 178 valence electrons. The minimum Gasteiger partial charge on any atom is -0.508 e. The van der Waals surface area contributed by atoms with Gasteiger partial charge in [0.25, 0.3) is 0 Å². The van der Waals surface area contributed by atoms with Crippen LogP contribution in [0, 0.1) is 0 Å². The van der Waals surface area contributed by atoms with Crippen LogP contribution in [0.1, 0.15) is 6.92 Å². The number of carbonyl (C=O) groups excluding carboxylic acids is 1. The average Bonchev–Trinajstić information content (AvgIpc) is 3.34. The number of aromatic nitrogens is 3. The summed E-state index contributed by atoms with van der Waals surface area (Å²) in [5, 5.41) is 18.8. The monoisotopic (exact) mass is 492 g/mol. The van der Waals surface area contributed by atoms with E-state index < -0.39 is 5.25 Å². The first-order valence-corrected chi connectivity index (χ1v) is 12.4. The van der Waals surface area contributed by atoms with E-state index in [1.165, 1.54) is 11.8 Å². The minimum atomic E-state index is -0.454. The molecule has 0 saturated carbocycles. The number of amides is 1. The van der Waals surface area contributed by atoms with Crippen LogP contribution in [0.25, 0.3) is 17.1 Å². The summed E-state index contributed by atoms with van der Waals surface area (Å²) in [6.07, 6.45) is 0. The van der Waals surface area contributed by atoms with Crippen LogP contribution in [0.4, 0.5) is 11.4 Å². The lowest BCUT2D eigenvalue weighted by Crippen LogP contribution is -2.33. The summed E-state index contributed by atoms with van der Waals surface area (Å²) in [6, 6.07) is 35.9. The standard InChI is InChI=1S/C29H24N4O2S/c1-21(28(35)32(23-11-5-2-6-12-23)24-13-7-3-8-14-24)36-29-31-30-27(22-17-19-26(34)20-18-22)33(29)25-15-9-4-10-16-25/h2-21,34H,1H3/t21-/m0/s1. The van der Waals surface area contributed by atoms with Crippen LogP contribution in [-0.2, 0) is 4.79 Å². The summed E-state index contributed by atoms with van der Waals surface area (Å²) in [7, 11) is 0. The number of phenols is 1. The van der Waals surface area contributed by atoms with E-state index in [4.69, 9.17) is 0 Å². The fourth-order valence-electron chi connectivity index (χ4n) is 3.90. The van der Waals surface area contributed by atoms with Gasteiger partial charge in [-0.25, -0.2) is 0 Å². The van der Waals surface area contributed by atoms with Gasteiger partial charge < -0.3 is 5.11 Å². The molecule has 0 aliphatic heterocycles. The highest BCUT2D eigenvalue weighted by Crippen LogP contribution is 2.34. The molecule has 1 heterocycles. The minimum absolute atomic E-state index is 0.0637. The van der Waals surface area contributed by atoms with E-state index in [1.807, 2.05) is 102 Å². The zero-order chi connectivity index (χ0) is 24.9. The second-order valence-electron chi connectivity index (χ2n) is 8.13. The number of anilines is 2. The number of para-hydroxylation sites is 3. The Kier molecular flexibility index (Phi) is 6.82. The summed E-state index contributed by atoms with van der Waals surface area (Å²) in [4.78, 5) is 15.6. The number of phenolic OH excluding ortho intramolecular Hbond substituents is 1. The van der Waals surface area contributed by atoms with Gasteiger partial charge in [0, 0.05) is 22.6 Å². The molecule has 0 unspecified atom stereocenters. The number of hydrogen-bond acceptors (Lipinski definition) is 5. The molecule has 0 aliphatic carbocycles. The average molecular weight is 493 g/mol. The van der Waals surface area contributed by atoms with Crippen LogP contribution in [0.15, 0.2) is 120 Å². The molecule has 0 fully saturated rings. The van der Waals surface area contributed by atoms with Crippen molar-refractivity contribution >= 4 is 29.0 Å². The summed E-state index contributed by atoms with van der Waals surface area (Å²) in [5.74, 6) is 0.748. The third kappa shape index (κ3) is 4.87. The predicted octanol–water partition coefficient (Wildman–Crippen LogP) is 6.49. The Hall–Kier alpha value is -4.36. The second kappa shape index (κ2) is 10.5. The van der Waals surface area contributed by atoms with Crippen molar-refractivity contribution in [1.29, 1.82) is 0 Å². The van der Waals surface area contributed by atoms with Gasteiger partial charge in [-0.2, -0.15) is 0 Å². The smallest absolute Gasteiger partial charge is 0.244 e. The van der Waals surface area contributed by atoms with E-state index in [0.717, 1.165) is 22.6 Å². The second-order valence-corrected chi connectivity index (χ2v) is 9.44. The lowest BCUT2D eigenvalue weighted by molar-refractivity contribution is -0.117. The molecule has 5 rings (SSSR count). The van der Waals surface area contributed by atoms with Crippen LogP contribution in [0.2, 0.25) is 0 Å². The van der Waals surface area contributed by atoms with E-state index in [0.29, 0.717) is 11.0 Å². The van der Waals surface area contributed by atoms with Crippen molar-refractivity contribution in [3.63, 3.8) is 0 Å². The molecule has 5 aromatic rings. The number of thioether (sulfide) groups is 1. The summed E-state index contributed by atoms with van der Waals surface area (Å²) in [5.41, 5.74) is 3.30. The van der Waals surface area contributed by atoms with Crippen LogP contribution < -0.4 is 4.90 Å². The highest BCUT2D eigenvalue weighted by Gasteiger charge is 2.27. The molecule has 0 aliphatic rings. The molecule has 0 saturated heterocycles. The molecule has 1 atom stereocenters. The van der Waals surface area contributed by atoms with Crippen LogP contribution in [0.3, 0.4) is 0 Å². The van der Waals surface area contributed by atoms with Crippen LogP contribution in [-0.4, -0.2) is 31.0 Å². The van der Waals surface area contributed by atoms with Crippen molar-refractivity contribution in [2.75, 3.05) is 4.90 Å². The Bertz CT molecular complexity index is 1400. The summed E-state index contributed by atoms with van der Waals surface area (Å²) in [6.45, 7) is 1.89. The van der Waals surface area contributed by atoms with Gasteiger partial charge in [-0.3, -0.25) is 14.3 Å². The summed E-state index contributed by atoms with van der Waals surface area (Å²) >= 11 is 1.36. The molecular weight excluding hydrogens is 468 g/mol. The first-order chi connectivity index (χ1) is 17.6. The third-order valence-corrected chi connectivity index (χ3v) is 6.68. The molecular formula is C29H24N4O2S. The number of benzene rings is 4. The molecule has 7 heteroatoms. The lowest BCUT2D eigenvalue weighted by atomic mass is 10.2. The van der Waals surface area contributed by atoms with Crippen LogP contribution >= 0.6 is 11.8 Å². The molecule has 1 aromatic heterocycles. The Balaban J connectivity index is 1.51. The third-order valence-electron chi connectivity index (χ3n) is 5.65. The first kappa shape index (κ1) is 23.4. The van der Waals surface area contributed by atoms with Gasteiger partial charge in [0.15, 0.2) is 11.0 Å². The molecule has 6 nitrogen and oxygen atoms in total. The largest absolute Gasteiger partial charge is 0.508 e. The molecule has 1 N–H and O–H groups in total. The fraction of sp³-hybridized carbons (Fsp3) is 0.0690. The van der Waals surface area contributed by atoms with Crippen molar-refractivity contribution in [2.24, 2.45) is 0 Å². The highest BCUT2D eigenvalue weighted by atomic mass is 32.2. The fourth-order valence-corrected chi connectivity index (χ4v) is 4.81. The topological polar surface area (TPSA) is 71.2 Å². The normalized spacial score (nSPS) is 11.7. The number of aromatic hydroxyl groups is 1. The molecule has 0 radical (unpaired) electrons. The van der Waals surface area contributed by atoms with Crippen molar-refractivity contribution in [3.8, 4) is 22.8 Å². The van der Waals surface area contributed by atoms with Crippen LogP contribution in [0.5, 0.6) is 5.75 Å². The molecule has 36 heavy (non-hydrogen) atoms. The van der Waals surface area contributed by atoms with Crippen molar-refractivity contribution in [1.82, 2.24) is 14.8 Å². The van der Waals surface area contributed by atoms with E-state index >= 15 is 0 Å². The first-order valence-electron chi connectivity index (χ1n) is 11.5. The quantitative estimate of drug-likeness (QED) is 0.263. The molecule has 4 aromatic carbocycles. The van der Waals surface area contributed by atoms with Crippen molar-refractivity contribution in [2.45, 2.75) is 17.3 Å². The van der Waals surface area contributed by atoms with E-state index in [-0.39, 0.29) is 11.7 Å². The maximum absolute atomic E-state index is 13.8. The van der Waals surface area contributed by atoms with Gasteiger partial charge >= 0.3 is 0 Å². The Morgan fingerprint density at radius 1 is 0.778 bits per heavy atom. The van der Waals surface area contributed by atoms with E-state index in [9.17, 15) is 9.90 Å². The maximum atomic E-state index is 13.8. The maximum Gasteiger partial charge on any atom is 0.244 e. The van der Waals surface area contributed by atoms with Gasteiger partial charge in [-0.15, -0.1) is 10.2 Å². The van der Waals surface area contributed by atoms with Gasteiger partial charge in [0.1, 0.15) is 5.75 Å². The molecule has 0 spiro atoms. The number of carbonyl (C=O) groups is 1. The van der Waals surface area contributed by atoms with Gasteiger partial charge in [0.2, 0.25) is 5.91 Å². The van der Waals surface area contributed by atoms with Gasteiger partial charge in [-0.05, 0) is 67.6 Å². The molecule has 1 amide bonds. The number of nitrogens with zero attached hydrogens (tertiary/aromatic N) is 4. The number of hydrogen-bond donors (Lipinski definition) is 1. The zero-order valence-corrected chi connectivity index (χ0v) is 20.4. The highest BCUT2D eigenvalue weighted by molar-refractivity contribution is 8.00. The van der Waals surface area contributed by atoms with Gasteiger partial charge in [0.05, 0.1) is 5.25 Å². The van der Waals surface area contributed by atoms with E-state index in [2.05, 4.69) is 10.2 Å². The summed E-state index contributed by atoms with van der Waals surface area (Å²) < 4.78 is 1.94. The number of rotatable bonds is 7. The Morgan fingerprint density at radius 3 is 1.86 bits per heavy atom. The Morgan fingerprint density at radius 2 is 1.31 bits per heavy atom. The van der Waals surface area contributed by atoms with Crippen molar-refractivity contribution in [3.05, 3.63) is 115 Å². The molecule has 0 bridgehead atoms. The lowest BCUT2D eigenvalue weighted by Gasteiger charge is -2.26. The van der Waals surface area contributed by atoms with Gasteiger partial charge in [-0.1, -0.05) is 66.4 Å². The van der Waals surface area contributed by atoms with Crippen molar-refractivity contribution < 1.29 is 9.90 Å². The SMILES string of the molecule is C[C@H](Sc1nnc(-c2ccc(O)cc2)n1-c1ccccc1)C(=O)N(c1ccccc1)c1ccccc1.